The van der Waals surface area contributed by atoms with Crippen molar-refractivity contribution in [2.24, 2.45) is 0 Å². The smallest absolute Gasteiger partial charge is 0.433 e. The topological polar surface area (TPSA) is 97.0 Å². The van der Waals surface area contributed by atoms with Gasteiger partial charge in [-0.1, -0.05) is 0 Å². The van der Waals surface area contributed by atoms with Crippen molar-refractivity contribution in [3.05, 3.63) is 77.9 Å². The SMILES string of the molecule is O=C(O)[C@@H]1CCCN1C(=O)c1cnn2c(C(F)(F)F)cc(-c3ccc(Oc4ccc(F)cc4)cc3)nc12. The normalized spacial score (nSPS) is 15.8. The summed E-state index contributed by atoms with van der Waals surface area (Å²) >= 11 is 0. The Morgan fingerprint density at radius 2 is 1.68 bits per heavy atom. The van der Waals surface area contributed by atoms with Gasteiger partial charge in [0, 0.05) is 12.1 Å². The molecule has 0 bridgehead atoms. The van der Waals surface area contributed by atoms with Gasteiger partial charge in [-0.05, 0) is 67.4 Å². The van der Waals surface area contributed by atoms with Crippen LogP contribution < -0.4 is 4.74 Å². The van der Waals surface area contributed by atoms with E-state index >= 15 is 0 Å². The minimum Gasteiger partial charge on any atom is -0.480 e. The molecule has 2 aromatic carbocycles. The molecular weight excluding hydrogens is 496 g/mol. The van der Waals surface area contributed by atoms with Crippen molar-refractivity contribution >= 4 is 17.5 Å². The molecule has 12 heteroatoms. The third kappa shape index (κ3) is 4.69. The lowest BCUT2D eigenvalue weighted by molar-refractivity contribution is -0.143. The zero-order valence-corrected chi connectivity index (χ0v) is 18.9. The molecule has 0 radical (unpaired) electrons. The Kier molecular flexibility index (Phi) is 6.02. The van der Waals surface area contributed by atoms with Gasteiger partial charge < -0.3 is 14.7 Å². The molecular formula is C25H18F4N4O4. The van der Waals surface area contributed by atoms with Gasteiger partial charge in [0.2, 0.25) is 0 Å². The van der Waals surface area contributed by atoms with E-state index in [2.05, 4.69) is 10.1 Å². The number of halogens is 4. The number of aliphatic carboxylic acids is 1. The lowest BCUT2D eigenvalue weighted by Crippen LogP contribution is -2.40. The molecule has 37 heavy (non-hydrogen) atoms. The van der Waals surface area contributed by atoms with Crippen LogP contribution in [0.25, 0.3) is 16.9 Å². The van der Waals surface area contributed by atoms with E-state index in [1.54, 1.807) is 0 Å². The molecule has 4 aromatic rings. The molecule has 0 saturated carbocycles. The van der Waals surface area contributed by atoms with E-state index in [-0.39, 0.29) is 29.9 Å². The highest BCUT2D eigenvalue weighted by Gasteiger charge is 2.38. The minimum atomic E-state index is -4.81. The van der Waals surface area contributed by atoms with Crippen LogP contribution in [0.4, 0.5) is 17.6 Å². The van der Waals surface area contributed by atoms with Crippen molar-refractivity contribution < 1.29 is 37.0 Å². The van der Waals surface area contributed by atoms with Gasteiger partial charge in [0.15, 0.2) is 11.3 Å². The summed E-state index contributed by atoms with van der Waals surface area (Å²) in [5.74, 6) is -1.63. The Balaban J connectivity index is 1.53. The third-order valence-corrected chi connectivity index (χ3v) is 5.99. The number of likely N-dealkylation sites (tertiary alicyclic amines) is 1. The van der Waals surface area contributed by atoms with Gasteiger partial charge >= 0.3 is 12.1 Å². The molecule has 1 saturated heterocycles. The maximum Gasteiger partial charge on any atom is 0.433 e. The van der Waals surface area contributed by atoms with Gasteiger partial charge in [0.25, 0.3) is 5.91 Å². The molecule has 0 spiro atoms. The summed E-state index contributed by atoms with van der Waals surface area (Å²) in [7, 11) is 0. The van der Waals surface area contributed by atoms with Crippen molar-refractivity contribution in [3.8, 4) is 22.8 Å². The molecule has 0 unspecified atom stereocenters. The highest BCUT2D eigenvalue weighted by molar-refractivity contribution is 6.01. The number of aromatic nitrogens is 3. The fraction of sp³-hybridized carbons (Fsp3) is 0.200. The van der Waals surface area contributed by atoms with E-state index in [1.807, 2.05) is 0 Å². The fourth-order valence-corrected chi connectivity index (χ4v) is 4.22. The number of carboxylic acid groups (broad SMARTS) is 1. The lowest BCUT2D eigenvalue weighted by atomic mass is 10.1. The Hall–Kier alpha value is -4.48. The lowest BCUT2D eigenvalue weighted by Gasteiger charge is -2.20. The second kappa shape index (κ2) is 9.19. The largest absolute Gasteiger partial charge is 0.480 e. The number of carbonyl (C=O) groups is 2. The van der Waals surface area contributed by atoms with Crippen LogP contribution in [0.15, 0.2) is 60.8 Å². The second-order valence-electron chi connectivity index (χ2n) is 8.39. The van der Waals surface area contributed by atoms with E-state index < -0.39 is 35.6 Å². The molecule has 1 aliphatic heterocycles. The number of hydrogen-bond donors (Lipinski definition) is 1. The maximum atomic E-state index is 13.9. The van der Waals surface area contributed by atoms with Gasteiger partial charge in [-0.3, -0.25) is 4.79 Å². The first kappa shape index (κ1) is 24.2. The van der Waals surface area contributed by atoms with Crippen molar-refractivity contribution in [2.75, 3.05) is 6.54 Å². The molecule has 1 N–H and O–H groups in total. The molecule has 2 aromatic heterocycles. The number of alkyl halides is 3. The van der Waals surface area contributed by atoms with Crippen molar-refractivity contribution in [1.82, 2.24) is 19.5 Å². The number of hydrogen-bond acceptors (Lipinski definition) is 5. The zero-order chi connectivity index (χ0) is 26.3. The minimum absolute atomic E-state index is 0.0705. The van der Waals surface area contributed by atoms with Crippen molar-refractivity contribution in [2.45, 2.75) is 25.1 Å². The first-order chi connectivity index (χ1) is 17.6. The summed E-state index contributed by atoms with van der Waals surface area (Å²) in [6, 6.07) is 11.1. The number of carbonyl (C=O) groups excluding carboxylic acids is 1. The predicted molar refractivity (Wildman–Crippen MR) is 122 cm³/mol. The zero-order valence-electron chi connectivity index (χ0n) is 18.9. The molecule has 1 aliphatic rings. The van der Waals surface area contributed by atoms with Crippen LogP contribution in [0.3, 0.4) is 0 Å². The van der Waals surface area contributed by atoms with Crippen LogP contribution in [-0.4, -0.2) is 49.1 Å². The second-order valence-corrected chi connectivity index (χ2v) is 8.39. The van der Waals surface area contributed by atoms with Crippen LogP contribution in [0, 0.1) is 5.82 Å². The fourth-order valence-electron chi connectivity index (χ4n) is 4.22. The first-order valence-electron chi connectivity index (χ1n) is 11.2. The van der Waals surface area contributed by atoms with Gasteiger partial charge in [-0.25, -0.2) is 18.7 Å². The highest BCUT2D eigenvalue weighted by atomic mass is 19.4. The molecule has 8 nitrogen and oxygen atoms in total. The van der Waals surface area contributed by atoms with Crippen LogP contribution in [-0.2, 0) is 11.0 Å². The summed E-state index contributed by atoms with van der Waals surface area (Å²) < 4.78 is 61.0. The monoisotopic (exact) mass is 514 g/mol. The Labute approximate surface area is 206 Å². The Bertz CT molecular complexity index is 1480. The number of rotatable bonds is 5. The van der Waals surface area contributed by atoms with E-state index in [1.165, 1.54) is 48.5 Å². The van der Waals surface area contributed by atoms with Crippen LogP contribution in [0.2, 0.25) is 0 Å². The molecule has 0 aliphatic carbocycles. The summed E-state index contributed by atoms with van der Waals surface area (Å²) in [5, 5.41) is 13.2. The standard InChI is InChI=1S/C25H18F4N4O4/c26-15-5-9-17(10-6-15)37-16-7-3-14(4-8-16)19-12-21(25(27,28)29)33-22(31-19)18(13-30-33)23(34)32-11-1-2-20(32)24(35)36/h3-10,12-13,20H,1-2,11H2,(H,35,36)/t20-/m0/s1. The average Bonchev–Trinajstić information content (AvgIpc) is 3.52. The summed E-state index contributed by atoms with van der Waals surface area (Å²) in [4.78, 5) is 30.1. The molecule has 190 valence electrons. The third-order valence-electron chi connectivity index (χ3n) is 5.99. The predicted octanol–water partition coefficient (Wildman–Crippen LogP) is 5.04. The molecule has 1 fully saturated rings. The van der Waals surface area contributed by atoms with Crippen molar-refractivity contribution in [1.29, 1.82) is 0 Å². The number of amides is 1. The summed E-state index contributed by atoms with van der Waals surface area (Å²) in [6.07, 6.45) is -3.13. The van der Waals surface area contributed by atoms with Crippen molar-refractivity contribution in [3.63, 3.8) is 0 Å². The van der Waals surface area contributed by atoms with E-state index in [4.69, 9.17) is 4.74 Å². The Morgan fingerprint density at radius 1 is 1.03 bits per heavy atom. The van der Waals surface area contributed by atoms with Gasteiger partial charge in [-0.2, -0.15) is 18.3 Å². The van der Waals surface area contributed by atoms with Gasteiger partial charge in [0.1, 0.15) is 28.9 Å². The quantitative estimate of drug-likeness (QED) is 0.375. The molecule has 1 atom stereocenters. The summed E-state index contributed by atoms with van der Waals surface area (Å²) in [6.45, 7) is 0.161. The molecule has 1 amide bonds. The average molecular weight is 514 g/mol. The van der Waals surface area contributed by atoms with Crippen LogP contribution in [0.1, 0.15) is 28.9 Å². The molecule has 5 rings (SSSR count). The van der Waals surface area contributed by atoms with E-state index in [9.17, 15) is 32.3 Å². The van der Waals surface area contributed by atoms with Crippen LogP contribution >= 0.6 is 0 Å². The Morgan fingerprint density at radius 3 is 2.30 bits per heavy atom. The van der Waals surface area contributed by atoms with Crippen LogP contribution in [0.5, 0.6) is 11.5 Å². The maximum absolute atomic E-state index is 13.9. The molecule has 3 heterocycles. The number of nitrogens with zero attached hydrogens (tertiary/aromatic N) is 4. The van der Waals surface area contributed by atoms with Gasteiger partial charge in [-0.15, -0.1) is 0 Å². The van der Waals surface area contributed by atoms with Gasteiger partial charge in [0.05, 0.1) is 11.9 Å². The first-order valence-corrected chi connectivity index (χ1v) is 11.2. The van der Waals surface area contributed by atoms with E-state index in [0.29, 0.717) is 28.0 Å². The number of carboxylic acids is 1. The number of fused-ring (bicyclic) bond motifs is 1. The number of benzene rings is 2. The summed E-state index contributed by atoms with van der Waals surface area (Å²) in [5.41, 5.74) is -1.47. The highest BCUT2D eigenvalue weighted by Crippen LogP contribution is 2.34. The van der Waals surface area contributed by atoms with E-state index in [0.717, 1.165) is 17.2 Å². The number of ether oxygens (including phenoxy) is 1.